The molecule has 1 saturated heterocycles. The van der Waals surface area contributed by atoms with Crippen molar-refractivity contribution in [2.45, 2.75) is 38.4 Å². The van der Waals surface area contributed by atoms with Crippen LogP contribution >= 0.6 is 0 Å². The van der Waals surface area contributed by atoms with E-state index in [0.717, 1.165) is 19.3 Å². The lowest BCUT2D eigenvalue weighted by Gasteiger charge is -2.22. The van der Waals surface area contributed by atoms with Crippen LogP contribution in [0.5, 0.6) is 0 Å². The SMILES string of the molecule is CC1CCCC1C(=O)N1C[C@@H](O)[C@@H](O)C1. The van der Waals surface area contributed by atoms with Gasteiger partial charge in [0.2, 0.25) is 5.91 Å². The Bertz CT molecular complexity index is 246. The molecule has 2 N–H and O–H groups in total. The van der Waals surface area contributed by atoms with Crippen molar-refractivity contribution in [3.8, 4) is 0 Å². The largest absolute Gasteiger partial charge is 0.388 e. The predicted molar refractivity (Wildman–Crippen MR) is 55.1 cm³/mol. The van der Waals surface area contributed by atoms with E-state index in [1.807, 2.05) is 0 Å². The Labute approximate surface area is 89.9 Å². The van der Waals surface area contributed by atoms with Crippen molar-refractivity contribution < 1.29 is 15.0 Å². The molecular weight excluding hydrogens is 194 g/mol. The average Bonchev–Trinajstić information content (AvgIpc) is 2.74. The second-order valence-electron chi connectivity index (χ2n) is 4.89. The van der Waals surface area contributed by atoms with Crippen LogP contribution in [0.3, 0.4) is 0 Å². The van der Waals surface area contributed by atoms with Crippen LogP contribution in [0.25, 0.3) is 0 Å². The highest BCUT2D eigenvalue weighted by molar-refractivity contribution is 5.79. The molecule has 0 aromatic rings. The van der Waals surface area contributed by atoms with Gasteiger partial charge in [0.05, 0.1) is 12.2 Å². The number of carbonyl (C=O) groups excluding carboxylic acids is 1. The van der Waals surface area contributed by atoms with Gasteiger partial charge in [-0.15, -0.1) is 0 Å². The average molecular weight is 213 g/mol. The molecule has 2 rings (SSSR count). The highest BCUT2D eigenvalue weighted by atomic mass is 16.3. The zero-order valence-electron chi connectivity index (χ0n) is 9.09. The summed E-state index contributed by atoms with van der Waals surface area (Å²) in [5.74, 6) is 0.686. The van der Waals surface area contributed by atoms with E-state index in [0.29, 0.717) is 19.0 Å². The highest BCUT2D eigenvalue weighted by Crippen LogP contribution is 2.33. The van der Waals surface area contributed by atoms with E-state index in [2.05, 4.69) is 6.92 Å². The predicted octanol–water partition coefficient (Wildman–Crippen LogP) is -0.0134. The molecule has 2 unspecified atom stereocenters. The van der Waals surface area contributed by atoms with Gasteiger partial charge in [-0.2, -0.15) is 0 Å². The third-order valence-electron chi connectivity index (χ3n) is 3.75. The minimum absolute atomic E-state index is 0.113. The molecule has 0 aromatic heterocycles. The van der Waals surface area contributed by atoms with Crippen molar-refractivity contribution in [2.24, 2.45) is 11.8 Å². The molecule has 0 bridgehead atoms. The van der Waals surface area contributed by atoms with Gasteiger partial charge in [-0.25, -0.2) is 0 Å². The molecule has 2 fully saturated rings. The summed E-state index contributed by atoms with van der Waals surface area (Å²) < 4.78 is 0. The van der Waals surface area contributed by atoms with Gasteiger partial charge in [-0.3, -0.25) is 4.79 Å². The number of hydrogen-bond donors (Lipinski definition) is 2. The zero-order valence-corrected chi connectivity index (χ0v) is 9.09. The van der Waals surface area contributed by atoms with E-state index in [1.54, 1.807) is 4.90 Å². The van der Waals surface area contributed by atoms with Crippen LogP contribution in [0.1, 0.15) is 26.2 Å². The van der Waals surface area contributed by atoms with Crippen LogP contribution in [0.15, 0.2) is 0 Å². The lowest BCUT2D eigenvalue weighted by molar-refractivity contribution is -0.136. The molecule has 1 aliphatic heterocycles. The van der Waals surface area contributed by atoms with Crippen molar-refractivity contribution in [1.29, 1.82) is 0 Å². The summed E-state index contributed by atoms with van der Waals surface area (Å²) >= 11 is 0. The summed E-state index contributed by atoms with van der Waals surface area (Å²) in [5, 5.41) is 18.8. The third kappa shape index (κ3) is 2.01. The Morgan fingerprint density at radius 1 is 1.20 bits per heavy atom. The van der Waals surface area contributed by atoms with Gasteiger partial charge in [0.25, 0.3) is 0 Å². The second-order valence-corrected chi connectivity index (χ2v) is 4.89. The number of carbonyl (C=O) groups is 1. The molecule has 1 saturated carbocycles. The lowest BCUT2D eigenvalue weighted by Crippen LogP contribution is -2.36. The van der Waals surface area contributed by atoms with Gasteiger partial charge < -0.3 is 15.1 Å². The molecule has 86 valence electrons. The first kappa shape index (κ1) is 10.9. The zero-order chi connectivity index (χ0) is 11.0. The van der Waals surface area contributed by atoms with E-state index >= 15 is 0 Å². The summed E-state index contributed by atoms with van der Waals surface area (Å²) in [6, 6.07) is 0. The summed E-state index contributed by atoms with van der Waals surface area (Å²) in [5.41, 5.74) is 0. The van der Waals surface area contributed by atoms with Gasteiger partial charge in [-0.1, -0.05) is 13.3 Å². The Balaban J connectivity index is 1.97. The van der Waals surface area contributed by atoms with Crippen LogP contribution in [0, 0.1) is 11.8 Å². The Morgan fingerprint density at radius 2 is 1.80 bits per heavy atom. The normalized spacial score (nSPS) is 41.1. The number of likely N-dealkylation sites (tertiary alicyclic amines) is 1. The third-order valence-corrected chi connectivity index (χ3v) is 3.75. The smallest absolute Gasteiger partial charge is 0.226 e. The minimum atomic E-state index is -0.759. The number of aliphatic hydroxyl groups is 2. The number of rotatable bonds is 1. The van der Waals surface area contributed by atoms with Crippen LogP contribution in [-0.4, -0.2) is 46.3 Å². The second kappa shape index (κ2) is 4.10. The highest BCUT2D eigenvalue weighted by Gasteiger charge is 2.38. The fraction of sp³-hybridized carbons (Fsp3) is 0.909. The molecule has 4 atom stereocenters. The lowest BCUT2D eigenvalue weighted by atomic mass is 9.97. The van der Waals surface area contributed by atoms with Crippen LogP contribution in [-0.2, 0) is 4.79 Å². The quantitative estimate of drug-likeness (QED) is 0.644. The monoisotopic (exact) mass is 213 g/mol. The van der Waals surface area contributed by atoms with E-state index in [9.17, 15) is 15.0 Å². The first-order valence-electron chi connectivity index (χ1n) is 5.74. The fourth-order valence-corrected chi connectivity index (χ4v) is 2.70. The van der Waals surface area contributed by atoms with Gasteiger partial charge in [0.15, 0.2) is 0 Å². The topological polar surface area (TPSA) is 60.8 Å². The molecule has 2 aliphatic rings. The van der Waals surface area contributed by atoms with Crippen molar-refractivity contribution in [1.82, 2.24) is 4.90 Å². The van der Waals surface area contributed by atoms with Crippen molar-refractivity contribution in [2.75, 3.05) is 13.1 Å². The first-order chi connectivity index (χ1) is 7.09. The maximum absolute atomic E-state index is 12.1. The summed E-state index contributed by atoms with van der Waals surface area (Å²) in [7, 11) is 0. The molecular formula is C11H19NO3. The standard InChI is InChI=1S/C11H19NO3/c1-7-3-2-4-8(7)11(15)12-5-9(13)10(14)6-12/h7-10,13-14H,2-6H2,1H3/t7?,8?,9-,10+. The summed E-state index contributed by atoms with van der Waals surface area (Å²) in [6.07, 6.45) is 1.69. The van der Waals surface area contributed by atoms with Gasteiger partial charge >= 0.3 is 0 Å². The Kier molecular flexibility index (Phi) is 2.98. The maximum atomic E-state index is 12.1. The van der Waals surface area contributed by atoms with Crippen molar-refractivity contribution in [3.05, 3.63) is 0 Å². The van der Waals surface area contributed by atoms with Gasteiger partial charge in [0, 0.05) is 19.0 Å². The first-order valence-corrected chi connectivity index (χ1v) is 5.74. The van der Waals surface area contributed by atoms with Crippen LogP contribution in [0.4, 0.5) is 0 Å². The molecule has 1 aliphatic carbocycles. The van der Waals surface area contributed by atoms with Crippen molar-refractivity contribution in [3.63, 3.8) is 0 Å². The number of hydrogen-bond acceptors (Lipinski definition) is 3. The Hall–Kier alpha value is -0.610. The number of nitrogens with zero attached hydrogens (tertiary/aromatic N) is 1. The van der Waals surface area contributed by atoms with Crippen LogP contribution < -0.4 is 0 Å². The molecule has 4 nitrogen and oxygen atoms in total. The minimum Gasteiger partial charge on any atom is -0.388 e. The number of β-amino-alcohol motifs (C(OH)–C–C–N with tert-alkyl or cyclic N) is 2. The molecule has 1 amide bonds. The summed E-state index contributed by atoms with van der Waals surface area (Å²) in [6.45, 7) is 2.70. The fourth-order valence-electron chi connectivity index (χ4n) is 2.70. The number of amides is 1. The van der Waals surface area contributed by atoms with E-state index in [1.165, 1.54) is 0 Å². The van der Waals surface area contributed by atoms with Crippen LogP contribution in [0.2, 0.25) is 0 Å². The van der Waals surface area contributed by atoms with Crippen molar-refractivity contribution >= 4 is 5.91 Å². The molecule has 0 radical (unpaired) electrons. The van der Waals surface area contributed by atoms with E-state index in [-0.39, 0.29) is 11.8 Å². The molecule has 4 heteroatoms. The van der Waals surface area contributed by atoms with Gasteiger partial charge in [0.1, 0.15) is 0 Å². The van der Waals surface area contributed by atoms with Gasteiger partial charge in [-0.05, 0) is 18.8 Å². The maximum Gasteiger partial charge on any atom is 0.226 e. The molecule has 1 heterocycles. The summed E-state index contributed by atoms with van der Waals surface area (Å²) in [4.78, 5) is 13.7. The van der Waals surface area contributed by atoms with E-state index in [4.69, 9.17) is 0 Å². The molecule has 0 spiro atoms. The molecule has 15 heavy (non-hydrogen) atoms. The number of aliphatic hydroxyl groups excluding tert-OH is 2. The molecule has 0 aromatic carbocycles. The van der Waals surface area contributed by atoms with E-state index < -0.39 is 12.2 Å². The Morgan fingerprint density at radius 3 is 2.27 bits per heavy atom.